The maximum absolute atomic E-state index is 12.2. The lowest BCUT2D eigenvalue weighted by Crippen LogP contribution is -2.20. The summed E-state index contributed by atoms with van der Waals surface area (Å²) in [6.07, 6.45) is 3.61. The van der Waals surface area contributed by atoms with Crippen LogP contribution in [-0.4, -0.2) is 43.6 Å². The number of nitrogens with zero attached hydrogens (tertiary/aromatic N) is 2. The van der Waals surface area contributed by atoms with Gasteiger partial charge in [-0.25, -0.2) is 8.42 Å². The van der Waals surface area contributed by atoms with Gasteiger partial charge in [-0.1, -0.05) is 30.3 Å². The van der Waals surface area contributed by atoms with E-state index in [0.717, 1.165) is 31.4 Å². The molecule has 1 unspecified atom stereocenters. The minimum atomic E-state index is -3.44. The molecule has 8 heteroatoms. The standard InChI is InChI=1S/C18H24N4O3S/c23-26(24,13-5-8-15-6-2-1-3-7-15)22-18-11-10-17(20-21-18)19-14-16-9-4-12-25-16/h1-3,6-7,10-11,16H,4-5,8-9,12-14H2,(H,19,20)(H,21,22). The van der Waals surface area contributed by atoms with E-state index in [-0.39, 0.29) is 17.7 Å². The Kier molecular flexibility index (Phi) is 6.40. The van der Waals surface area contributed by atoms with Crippen LogP contribution in [0.5, 0.6) is 0 Å². The molecule has 1 aliphatic heterocycles. The Labute approximate surface area is 154 Å². The zero-order valence-corrected chi connectivity index (χ0v) is 15.4. The summed E-state index contributed by atoms with van der Waals surface area (Å²) < 4.78 is 32.3. The molecule has 2 N–H and O–H groups in total. The Balaban J connectivity index is 1.44. The summed E-state index contributed by atoms with van der Waals surface area (Å²) in [6, 6.07) is 13.2. The fraction of sp³-hybridized carbons (Fsp3) is 0.444. The van der Waals surface area contributed by atoms with Gasteiger partial charge in [0.2, 0.25) is 10.0 Å². The van der Waals surface area contributed by atoms with Gasteiger partial charge in [0, 0.05) is 13.2 Å². The fourth-order valence-electron chi connectivity index (χ4n) is 2.83. The molecule has 1 atom stereocenters. The molecule has 2 heterocycles. The normalized spacial score (nSPS) is 17.2. The summed E-state index contributed by atoms with van der Waals surface area (Å²) in [5, 5.41) is 11.1. The first-order valence-corrected chi connectivity index (χ1v) is 10.5. The molecule has 2 aromatic rings. The van der Waals surface area contributed by atoms with Crippen LogP contribution >= 0.6 is 0 Å². The number of hydrogen-bond acceptors (Lipinski definition) is 6. The molecule has 7 nitrogen and oxygen atoms in total. The lowest BCUT2D eigenvalue weighted by molar-refractivity contribution is 0.120. The highest BCUT2D eigenvalue weighted by molar-refractivity contribution is 7.92. The minimum Gasteiger partial charge on any atom is -0.376 e. The molecule has 1 fully saturated rings. The summed E-state index contributed by atoms with van der Waals surface area (Å²) in [6.45, 7) is 1.49. The second-order valence-electron chi connectivity index (χ2n) is 6.33. The maximum atomic E-state index is 12.2. The molecule has 0 spiro atoms. The van der Waals surface area contributed by atoms with Crippen molar-refractivity contribution < 1.29 is 13.2 Å². The van der Waals surface area contributed by atoms with Crippen molar-refractivity contribution in [1.29, 1.82) is 0 Å². The Morgan fingerprint density at radius 3 is 2.54 bits per heavy atom. The van der Waals surface area contributed by atoms with Gasteiger partial charge in [0.05, 0.1) is 11.9 Å². The van der Waals surface area contributed by atoms with Gasteiger partial charge in [-0.15, -0.1) is 10.2 Å². The zero-order valence-electron chi connectivity index (χ0n) is 14.6. The van der Waals surface area contributed by atoms with Crippen LogP contribution in [-0.2, 0) is 21.2 Å². The molecule has 26 heavy (non-hydrogen) atoms. The van der Waals surface area contributed by atoms with Crippen molar-refractivity contribution in [3.8, 4) is 0 Å². The SMILES string of the molecule is O=S(=O)(CCCc1ccccc1)Nc1ccc(NCC2CCCO2)nn1. The minimum absolute atomic E-state index is 0.0442. The summed E-state index contributed by atoms with van der Waals surface area (Å²) >= 11 is 0. The third kappa shape index (κ3) is 5.96. The molecule has 1 aliphatic rings. The average Bonchev–Trinajstić information content (AvgIpc) is 3.15. The molecule has 0 aliphatic carbocycles. The molecular weight excluding hydrogens is 352 g/mol. The third-order valence-electron chi connectivity index (χ3n) is 4.18. The van der Waals surface area contributed by atoms with Crippen LogP contribution < -0.4 is 10.0 Å². The number of nitrogens with one attached hydrogen (secondary N) is 2. The summed E-state index contributed by atoms with van der Waals surface area (Å²) in [5.74, 6) is 0.877. The van der Waals surface area contributed by atoms with E-state index in [1.807, 2.05) is 30.3 Å². The molecule has 1 aromatic heterocycles. The van der Waals surface area contributed by atoms with Crippen molar-refractivity contribution in [2.45, 2.75) is 31.8 Å². The lowest BCUT2D eigenvalue weighted by atomic mass is 10.1. The van der Waals surface area contributed by atoms with Gasteiger partial charge < -0.3 is 10.1 Å². The smallest absolute Gasteiger partial charge is 0.233 e. The van der Waals surface area contributed by atoms with Crippen LogP contribution in [0.4, 0.5) is 11.6 Å². The van der Waals surface area contributed by atoms with Crippen molar-refractivity contribution in [3.63, 3.8) is 0 Å². The molecule has 140 valence electrons. The first-order valence-electron chi connectivity index (χ1n) is 8.84. The third-order valence-corrected chi connectivity index (χ3v) is 5.53. The van der Waals surface area contributed by atoms with Gasteiger partial charge in [-0.2, -0.15) is 0 Å². The Hall–Kier alpha value is -2.19. The van der Waals surface area contributed by atoms with E-state index < -0.39 is 10.0 Å². The summed E-state index contributed by atoms with van der Waals surface area (Å²) in [7, 11) is -3.44. The van der Waals surface area contributed by atoms with Crippen LogP contribution in [0.15, 0.2) is 42.5 Å². The topological polar surface area (TPSA) is 93.2 Å². The monoisotopic (exact) mass is 376 g/mol. The molecular formula is C18H24N4O3S. The first kappa shape index (κ1) is 18.6. The predicted molar refractivity (Wildman–Crippen MR) is 102 cm³/mol. The number of anilines is 2. The highest BCUT2D eigenvalue weighted by atomic mass is 32.2. The van der Waals surface area contributed by atoms with Crippen molar-refractivity contribution >= 4 is 21.7 Å². The molecule has 1 saturated heterocycles. The lowest BCUT2D eigenvalue weighted by Gasteiger charge is -2.11. The van der Waals surface area contributed by atoms with Gasteiger partial charge in [0.1, 0.15) is 5.82 Å². The quantitative estimate of drug-likeness (QED) is 0.698. The largest absolute Gasteiger partial charge is 0.376 e. The van der Waals surface area contributed by atoms with Crippen LogP contribution in [0.2, 0.25) is 0 Å². The number of aryl methyl sites for hydroxylation is 1. The molecule has 0 amide bonds. The van der Waals surface area contributed by atoms with Crippen molar-refractivity contribution in [2.24, 2.45) is 0 Å². The van der Waals surface area contributed by atoms with E-state index in [2.05, 4.69) is 20.2 Å². The second-order valence-corrected chi connectivity index (χ2v) is 8.17. The van der Waals surface area contributed by atoms with E-state index in [0.29, 0.717) is 18.8 Å². The molecule has 3 rings (SSSR count). The van der Waals surface area contributed by atoms with E-state index >= 15 is 0 Å². The number of benzene rings is 1. The van der Waals surface area contributed by atoms with E-state index in [1.54, 1.807) is 12.1 Å². The second kappa shape index (κ2) is 8.95. The summed E-state index contributed by atoms with van der Waals surface area (Å²) in [4.78, 5) is 0. The highest BCUT2D eigenvalue weighted by Gasteiger charge is 2.15. The first-order chi connectivity index (χ1) is 12.6. The van der Waals surface area contributed by atoms with Crippen LogP contribution in [0.3, 0.4) is 0 Å². The van der Waals surface area contributed by atoms with Crippen LogP contribution in [0.1, 0.15) is 24.8 Å². The van der Waals surface area contributed by atoms with Gasteiger partial charge in [-0.3, -0.25) is 4.72 Å². The maximum Gasteiger partial charge on any atom is 0.233 e. The van der Waals surface area contributed by atoms with Gasteiger partial charge in [0.25, 0.3) is 0 Å². The number of sulfonamides is 1. The van der Waals surface area contributed by atoms with E-state index in [1.165, 1.54) is 0 Å². The number of hydrogen-bond donors (Lipinski definition) is 2. The average molecular weight is 376 g/mol. The van der Waals surface area contributed by atoms with Gasteiger partial charge in [0.15, 0.2) is 5.82 Å². The van der Waals surface area contributed by atoms with Crippen molar-refractivity contribution in [3.05, 3.63) is 48.0 Å². The Morgan fingerprint density at radius 1 is 1.08 bits per heavy atom. The van der Waals surface area contributed by atoms with E-state index in [9.17, 15) is 8.42 Å². The predicted octanol–water partition coefficient (Wildman–Crippen LogP) is 2.44. The molecule has 0 bridgehead atoms. The van der Waals surface area contributed by atoms with Gasteiger partial charge >= 0.3 is 0 Å². The van der Waals surface area contributed by atoms with Crippen LogP contribution in [0.25, 0.3) is 0 Å². The molecule has 1 aromatic carbocycles. The Morgan fingerprint density at radius 2 is 1.85 bits per heavy atom. The zero-order chi connectivity index (χ0) is 18.2. The van der Waals surface area contributed by atoms with Crippen molar-refractivity contribution in [2.75, 3.05) is 28.9 Å². The van der Waals surface area contributed by atoms with E-state index in [4.69, 9.17) is 4.74 Å². The number of rotatable bonds is 9. The number of aromatic nitrogens is 2. The Bertz CT molecular complexity index is 776. The number of ether oxygens (including phenoxy) is 1. The van der Waals surface area contributed by atoms with Crippen LogP contribution in [0, 0.1) is 0 Å². The fourth-order valence-corrected chi connectivity index (χ4v) is 3.88. The van der Waals surface area contributed by atoms with Crippen molar-refractivity contribution in [1.82, 2.24) is 10.2 Å². The highest BCUT2D eigenvalue weighted by Crippen LogP contribution is 2.14. The molecule has 0 radical (unpaired) electrons. The molecule has 0 saturated carbocycles. The van der Waals surface area contributed by atoms with Gasteiger partial charge in [-0.05, 0) is 43.4 Å². The summed E-state index contributed by atoms with van der Waals surface area (Å²) in [5.41, 5.74) is 1.13.